The number of sulfonamides is 1. The number of amides is 1. The molecule has 2 aromatic carbocycles. The van der Waals surface area contributed by atoms with Gasteiger partial charge in [-0.3, -0.25) is 4.79 Å². The molecule has 2 heterocycles. The van der Waals surface area contributed by atoms with Gasteiger partial charge in [0.15, 0.2) is 0 Å². The van der Waals surface area contributed by atoms with Crippen LogP contribution < -0.4 is 5.32 Å². The first-order chi connectivity index (χ1) is 16.0. The molecule has 1 amide bonds. The first kappa shape index (κ1) is 23.9. The highest BCUT2D eigenvalue weighted by atomic mass is 32.2. The molecule has 0 aliphatic carbocycles. The summed E-state index contributed by atoms with van der Waals surface area (Å²) in [6, 6.07) is 8.00. The van der Waals surface area contributed by atoms with Gasteiger partial charge in [0.2, 0.25) is 15.9 Å². The highest BCUT2D eigenvalue weighted by molar-refractivity contribution is 7.89. The van der Waals surface area contributed by atoms with E-state index in [1.54, 1.807) is 13.1 Å². The molecule has 1 atom stereocenters. The predicted molar refractivity (Wildman–Crippen MR) is 114 cm³/mol. The van der Waals surface area contributed by atoms with E-state index in [1.807, 2.05) is 0 Å². The lowest BCUT2D eigenvalue weighted by molar-refractivity contribution is -0.137. The third-order valence-corrected chi connectivity index (χ3v) is 7.53. The van der Waals surface area contributed by atoms with E-state index in [4.69, 9.17) is 0 Å². The molecule has 1 N–H and O–H groups in total. The molecule has 7 nitrogen and oxygen atoms in total. The van der Waals surface area contributed by atoms with Gasteiger partial charge in [-0.1, -0.05) is 0 Å². The average Bonchev–Trinajstić information content (AvgIpc) is 3.11. The van der Waals surface area contributed by atoms with Crippen LogP contribution in [0.25, 0.3) is 5.69 Å². The Morgan fingerprint density at radius 2 is 1.76 bits per heavy atom. The zero-order valence-electron chi connectivity index (χ0n) is 17.9. The van der Waals surface area contributed by atoms with Crippen LogP contribution in [-0.4, -0.2) is 41.0 Å². The molecular weight excluding hydrogens is 476 g/mol. The molecule has 0 unspecified atom stereocenters. The summed E-state index contributed by atoms with van der Waals surface area (Å²) in [5, 5.41) is 6.97. The lowest BCUT2D eigenvalue weighted by atomic mass is 10.1. The normalized spacial score (nSPS) is 16.8. The summed E-state index contributed by atoms with van der Waals surface area (Å²) in [5.74, 6) is -1.05. The van der Waals surface area contributed by atoms with Crippen LogP contribution in [0.5, 0.6) is 0 Å². The Morgan fingerprint density at radius 1 is 1.12 bits per heavy atom. The van der Waals surface area contributed by atoms with Gasteiger partial charge in [0.05, 0.1) is 21.8 Å². The second kappa shape index (κ2) is 8.84. The van der Waals surface area contributed by atoms with Gasteiger partial charge in [-0.05, 0) is 61.9 Å². The Labute approximate surface area is 193 Å². The van der Waals surface area contributed by atoms with E-state index in [2.05, 4.69) is 10.4 Å². The lowest BCUT2D eigenvalue weighted by Gasteiger charge is -2.38. The van der Waals surface area contributed by atoms with Crippen LogP contribution in [0.3, 0.4) is 0 Å². The number of hydrogen-bond acceptors (Lipinski definition) is 4. The predicted octanol–water partition coefficient (Wildman–Crippen LogP) is 3.42. The van der Waals surface area contributed by atoms with Gasteiger partial charge in [0, 0.05) is 24.8 Å². The lowest BCUT2D eigenvalue weighted by Crippen LogP contribution is -2.57. The van der Waals surface area contributed by atoms with Gasteiger partial charge in [-0.25, -0.2) is 17.5 Å². The van der Waals surface area contributed by atoms with Crippen molar-refractivity contribution >= 4 is 15.9 Å². The van der Waals surface area contributed by atoms with Crippen LogP contribution in [0.2, 0.25) is 0 Å². The van der Waals surface area contributed by atoms with E-state index in [1.165, 1.54) is 16.8 Å². The number of hydrogen-bond donors (Lipinski definition) is 1. The van der Waals surface area contributed by atoms with Gasteiger partial charge in [-0.2, -0.15) is 22.6 Å². The molecule has 4 rings (SSSR count). The highest BCUT2D eigenvalue weighted by Gasteiger charge is 2.42. The highest BCUT2D eigenvalue weighted by Crippen LogP contribution is 2.30. The summed E-state index contributed by atoms with van der Waals surface area (Å²) in [4.78, 5) is 12.6. The summed E-state index contributed by atoms with van der Waals surface area (Å²) in [5.41, 5.74) is 0.836. The molecular formula is C22H20F4N4O3S. The number of nitrogens with one attached hydrogen (secondary N) is 1. The quantitative estimate of drug-likeness (QED) is 0.530. The molecule has 1 saturated heterocycles. The van der Waals surface area contributed by atoms with Crippen molar-refractivity contribution in [1.29, 1.82) is 0 Å². The van der Waals surface area contributed by atoms with E-state index in [-0.39, 0.29) is 18.0 Å². The number of rotatable bonds is 6. The second-order valence-corrected chi connectivity index (χ2v) is 9.71. The van der Waals surface area contributed by atoms with Crippen LogP contribution >= 0.6 is 0 Å². The summed E-state index contributed by atoms with van der Waals surface area (Å²) < 4.78 is 79.4. The molecule has 3 aromatic rings. The van der Waals surface area contributed by atoms with Gasteiger partial charge >= 0.3 is 6.18 Å². The van der Waals surface area contributed by atoms with Crippen LogP contribution in [-0.2, 0) is 27.5 Å². The third kappa shape index (κ3) is 4.68. The van der Waals surface area contributed by atoms with Gasteiger partial charge in [0.25, 0.3) is 0 Å². The van der Waals surface area contributed by atoms with E-state index >= 15 is 0 Å². The fourth-order valence-electron chi connectivity index (χ4n) is 3.56. The molecule has 1 aromatic heterocycles. The Kier molecular flexibility index (Phi) is 6.21. The molecule has 1 fully saturated rings. The number of alkyl halides is 3. The van der Waals surface area contributed by atoms with Gasteiger partial charge in [0.1, 0.15) is 11.9 Å². The first-order valence-electron chi connectivity index (χ1n) is 10.2. The number of halogens is 4. The van der Waals surface area contributed by atoms with E-state index in [0.717, 1.165) is 40.7 Å². The molecule has 1 aliphatic heterocycles. The average molecular weight is 496 g/mol. The monoisotopic (exact) mass is 496 g/mol. The van der Waals surface area contributed by atoms with Crippen molar-refractivity contribution in [2.75, 3.05) is 6.54 Å². The Balaban J connectivity index is 1.41. The number of nitrogens with zero attached hydrogens (tertiary/aromatic N) is 3. The van der Waals surface area contributed by atoms with Crippen LogP contribution in [0.15, 0.2) is 59.6 Å². The van der Waals surface area contributed by atoms with E-state index < -0.39 is 39.5 Å². The van der Waals surface area contributed by atoms with Gasteiger partial charge in [-0.15, -0.1) is 0 Å². The maximum atomic E-state index is 13.1. The maximum Gasteiger partial charge on any atom is 0.416 e. The van der Waals surface area contributed by atoms with Crippen molar-refractivity contribution in [3.8, 4) is 5.69 Å². The first-order valence-corrected chi connectivity index (χ1v) is 11.7. The fraction of sp³-hybridized carbons (Fsp3) is 0.273. The zero-order valence-corrected chi connectivity index (χ0v) is 18.7. The standard InChI is InChI=1S/C22H20F4N4O3S/c1-14-15(13-29(28-14)18-6-2-16(3-7-18)22(24,25)26)12-27-21(31)20-10-11-30(20)34(32,33)19-8-4-17(23)5-9-19/h2-9,13,20H,10-12H2,1H3,(H,27,31)/t20-/m0/s1. The third-order valence-electron chi connectivity index (χ3n) is 5.61. The largest absolute Gasteiger partial charge is 0.416 e. The topological polar surface area (TPSA) is 84.3 Å². The fourth-order valence-corrected chi connectivity index (χ4v) is 5.19. The number of benzene rings is 2. The minimum atomic E-state index is -4.44. The van der Waals surface area contributed by atoms with Crippen LogP contribution in [0.1, 0.15) is 23.2 Å². The number of aryl methyl sites for hydroxylation is 1. The molecule has 0 radical (unpaired) electrons. The Morgan fingerprint density at radius 3 is 2.32 bits per heavy atom. The molecule has 34 heavy (non-hydrogen) atoms. The molecule has 180 valence electrons. The van der Waals surface area contributed by atoms with Crippen LogP contribution in [0, 0.1) is 12.7 Å². The van der Waals surface area contributed by atoms with Crippen molar-refractivity contribution in [2.45, 2.75) is 37.0 Å². The van der Waals surface area contributed by atoms with Crippen molar-refractivity contribution < 1.29 is 30.8 Å². The summed E-state index contributed by atoms with van der Waals surface area (Å²) in [7, 11) is -3.94. The molecule has 0 bridgehead atoms. The van der Waals surface area contributed by atoms with Crippen molar-refractivity contribution in [3.05, 3.63) is 77.4 Å². The number of aromatic nitrogens is 2. The zero-order chi connectivity index (χ0) is 24.7. The minimum Gasteiger partial charge on any atom is -0.351 e. The van der Waals surface area contributed by atoms with E-state index in [9.17, 15) is 30.8 Å². The van der Waals surface area contributed by atoms with Crippen molar-refractivity contribution in [1.82, 2.24) is 19.4 Å². The molecule has 12 heteroatoms. The summed E-state index contributed by atoms with van der Waals surface area (Å²) >= 11 is 0. The summed E-state index contributed by atoms with van der Waals surface area (Å²) in [6.07, 6.45) is -2.50. The maximum absolute atomic E-state index is 13.1. The SMILES string of the molecule is Cc1nn(-c2ccc(C(F)(F)F)cc2)cc1CNC(=O)[C@@H]1CCN1S(=O)(=O)c1ccc(F)cc1. The number of carbonyl (C=O) groups excluding carboxylic acids is 1. The number of carbonyl (C=O) groups is 1. The second-order valence-electron chi connectivity index (χ2n) is 7.82. The smallest absolute Gasteiger partial charge is 0.351 e. The Bertz CT molecular complexity index is 1300. The summed E-state index contributed by atoms with van der Waals surface area (Å²) in [6.45, 7) is 1.92. The van der Waals surface area contributed by atoms with Crippen molar-refractivity contribution in [3.63, 3.8) is 0 Å². The molecule has 0 spiro atoms. The Hall–Kier alpha value is -3.25. The molecule has 1 aliphatic rings. The van der Waals surface area contributed by atoms with Crippen LogP contribution in [0.4, 0.5) is 17.6 Å². The van der Waals surface area contributed by atoms with Gasteiger partial charge < -0.3 is 5.32 Å². The van der Waals surface area contributed by atoms with Crippen molar-refractivity contribution in [2.24, 2.45) is 0 Å². The molecule has 0 saturated carbocycles. The van der Waals surface area contributed by atoms with E-state index in [0.29, 0.717) is 23.4 Å². The minimum absolute atomic E-state index is 0.0617.